The summed E-state index contributed by atoms with van der Waals surface area (Å²) in [6.07, 6.45) is -2.67. The van der Waals surface area contributed by atoms with E-state index in [1.165, 1.54) is 33.3 Å². The number of ketones is 1. The Morgan fingerprint density at radius 3 is 2.21 bits per heavy atom. The van der Waals surface area contributed by atoms with Crippen molar-refractivity contribution >= 4 is 39.4 Å². The van der Waals surface area contributed by atoms with Gasteiger partial charge in [0.15, 0.2) is 12.5 Å². The Balaban J connectivity index is 1.34. The lowest BCUT2D eigenvalue weighted by Gasteiger charge is -2.37. The summed E-state index contributed by atoms with van der Waals surface area (Å²) in [7, 11) is -1.73. The molecule has 0 atom stereocenters. The highest BCUT2D eigenvalue weighted by atomic mass is 32.2. The molecule has 0 saturated carbocycles. The van der Waals surface area contributed by atoms with Crippen LogP contribution in [0.1, 0.15) is 54.9 Å². The van der Waals surface area contributed by atoms with Gasteiger partial charge in [-0.3, -0.25) is 19.1 Å². The predicted molar refractivity (Wildman–Crippen MR) is 160 cm³/mol. The fraction of sp³-hybridized carbons (Fsp3) is 0.467. The number of alkyl halides is 3. The van der Waals surface area contributed by atoms with E-state index < -0.39 is 56.8 Å². The van der Waals surface area contributed by atoms with Crippen LogP contribution in [0.3, 0.4) is 0 Å². The number of Topliss-reactive ketones (excluding diaryl/α,β-unsaturated/α-hetero) is 1. The molecule has 2 heterocycles. The summed E-state index contributed by atoms with van der Waals surface area (Å²) in [4.78, 5) is 52.1. The number of hydrogen-bond acceptors (Lipinski definition) is 10. The van der Waals surface area contributed by atoms with E-state index in [0.717, 1.165) is 17.0 Å². The highest BCUT2D eigenvalue weighted by molar-refractivity contribution is 7.92. The normalized spacial score (nSPS) is 16.6. The number of methoxy groups -OCH3 is 2. The molecule has 13 nitrogen and oxygen atoms in total. The largest absolute Gasteiger partial charge is 0.496 e. The number of likely N-dealkylation sites (tertiary alicyclic amines) is 1. The number of piperidine rings is 1. The fourth-order valence-corrected chi connectivity index (χ4v) is 6.49. The first-order valence-corrected chi connectivity index (χ1v) is 16.1. The van der Waals surface area contributed by atoms with Gasteiger partial charge in [-0.1, -0.05) is 0 Å². The molecule has 2 aliphatic rings. The number of benzene rings is 2. The van der Waals surface area contributed by atoms with Crippen molar-refractivity contribution < 1.29 is 55.0 Å². The zero-order valence-electron chi connectivity index (χ0n) is 25.9. The van der Waals surface area contributed by atoms with Crippen LogP contribution in [0.2, 0.25) is 0 Å². The molecule has 2 aliphatic heterocycles. The Labute approximate surface area is 269 Å². The third-order valence-electron chi connectivity index (χ3n) is 8.04. The molecule has 2 N–H and O–H groups in total. The number of hydrogen-bond donors (Lipinski definition) is 2. The molecule has 2 aromatic rings. The number of nitrogens with one attached hydrogen (secondary N) is 2. The van der Waals surface area contributed by atoms with Gasteiger partial charge in [0.2, 0.25) is 0 Å². The van der Waals surface area contributed by atoms with Crippen LogP contribution < -0.4 is 19.5 Å². The number of carbonyl (C=O) groups excluding carboxylic acids is 4. The minimum atomic E-state index is -4.63. The molecule has 17 heteroatoms. The minimum Gasteiger partial charge on any atom is -0.496 e. The summed E-state index contributed by atoms with van der Waals surface area (Å²) < 4.78 is 82.5. The van der Waals surface area contributed by atoms with Gasteiger partial charge in [0.1, 0.15) is 17.0 Å². The van der Waals surface area contributed by atoms with Crippen molar-refractivity contribution in [2.24, 2.45) is 0 Å². The SMILES string of the molecule is COc1cc(OC)c(C(=O)CCCCN2CCC3(CC2)NC(=O)N(COC(C)=O)C3=O)cc1NS(=O)(=O)c1ccc(C(F)(F)F)cc1. The highest BCUT2D eigenvalue weighted by Gasteiger charge is 2.52. The molecule has 4 rings (SSSR count). The number of urea groups is 1. The number of carbonyl (C=O) groups is 4. The van der Waals surface area contributed by atoms with Gasteiger partial charge in [-0.15, -0.1) is 0 Å². The number of esters is 1. The van der Waals surface area contributed by atoms with Gasteiger partial charge in [-0.05, 0) is 62.6 Å². The Morgan fingerprint density at radius 2 is 1.64 bits per heavy atom. The molecule has 2 saturated heterocycles. The van der Waals surface area contributed by atoms with Crippen molar-refractivity contribution in [3.05, 3.63) is 47.5 Å². The number of unbranched alkanes of at least 4 members (excludes halogenated alkanes) is 1. The van der Waals surface area contributed by atoms with Crippen molar-refractivity contribution in [3.8, 4) is 11.5 Å². The lowest BCUT2D eigenvalue weighted by Crippen LogP contribution is -2.55. The Hall–Kier alpha value is -4.38. The molecule has 0 bridgehead atoms. The lowest BCUT2D eigenvalue weighted by molar-refractivity contribution is -0.148. The Kier molecular flexibility index (Phi) is 10.7. The number of anilines is 1. The number of halogens is 3. The van der Waals surface area contributed by atoms with Crippen LogP contribution in [0.15, 0.2) is 41.3 Å². The average molecular weight is 685 g/mol. The smallest absolute Gasteiger partial charge is 0.416 e. The molecule has 3 amide bonds. The third-order valence-corrected chi connectivity index (χ3v) is 9.42. The second-order valence-electron chi connectivity index (χ2n) is 11.1. The molecule has 2 aromatic carbocycles. The van der Waals surface area contributed by atoms with Crippen molar-refractivity contribution in [3.63, 3.8) is 0 Å². The van der Waals surface area contributed by atoms with Crippen LogP contribution in [-0.2, 0) is 30.5 Å². The molecule has 2 fully saturated rings. The Bertz CT molecular complexity index is 1620. The molecular formula is C30H35F3N4O9S. The Morgan fingerprint density at radius 1 is 1.00 bits per heavy atom. The number of sulfonamides is 1. The van der Waals surface area contributed by atoms with Crippen molar-refractivity contribution in [2.45, 2.75) is 55.6 Å². The monoisotopic (exact) mass is 684 g/mol. The van der Waals surface area contributed by atoms with Gasteiger partial charge in [0, 0.05) is 32.5 Å². The molecular weight excluding hydrogens is 649 g/mol. The van der Waals surface area contributed by atoms with Gasteiger partial charge in [-0.2, -0.15) is 13.2 Å². The molecule has 0 aromatic heterocycles. The molecule has 0 unspecified atom stereocenters. The van der Waals surface area contributed by atoms with Crippen LogP contribution in [0.25, 0.3) is 0 Å². The maximum atomic E-state index is 13.2. The van der Waals surface area contributed by atoms with Crippen LogP contribution in [0, 0.1) is 0 Å². The van der Waals surface area contributed by atoms with E-state index in [2.05, 4.69) is 14.9 Å². The quantitative estimate of drug-likeness (QED) is 0.138. The standard InChI is InChI=1S/C30H35F3N4O9S/c1-19(38)46-18-37-27(40)29(34-28(37)41)11-14-36(15-12-29)13-5-4-6-24(39)22-16-23(26(45-3)17-25(22)44-2)35-47(42,43)21-9-7-20(8-10-21)30(31,32)33/h7-10,16-17,35H,4-6,11-15,18H2,1-3H3,(H,34,41). The fourth-order valence-electron chi connectivity index (χ4n) is 5.43. The first kappa shape index (κ1) is 35.5. The van der Waals surface area contributed by atoms with Crippen LogP contribution >= 0.6 is 0 Å². The first-order valence-electron chi connectivity index (χ1n) is 14.6. The summed E-state index contributed by atoms with van der Waals surface area (Å²) in [5.74, 6) is -1.18. The number of rotatable bonds is 13. The summed E-state index contributed by atoms with van der Waals surface area (Å²) in [6, 6.07) is 4.98. The maximum absolute atomic E-state index is 13.2. The average Bonchev–Trinajstić information content (AvgIpc) is 3.25. The van der Waals surface area contributed by atoms with Crippen molar-refractivity contribution in [1.82, 2.24) is 15.1 Å². The van der Waals surface area contributed by atoms with Gasteiger partial charge in [0.25, 0.3) is 15.9 Å². The van der Waals surface area contributed by atoms with Gasteiger partial charge >= 0.3 is 18.2 Å². The summed E-state index contributed by atoms with van der Waals surface area (Å²) in [6.45, 7) is 2.42. The van der Waals surface area contributed by atoms with Crippen LogP contribution in [-0.4, -0.2) is 88.0 Å². The summed E-state index contributed by atoms with van der Waals surface area (Å²) in [5, 5.41) is 2.74. The number of ether oxygens (including phenoxy) is 3. The molecule has 0 aliphatic carbocycles. The van der Waals surface area contributed by atoms with E-state index in [9.17, 15) is 40.8 Å². The second kappa shape index (κ2) is 14.2. The van der Waals surface area contributed by atoms with Crippen molar-refractivity contribution in [1.29, 1.82) is 0 Å². The molecule has 47 heavy (non-hydrogen) atoms. The van der Waals surface area contributed by atoms with Gasteiger partial charge < -0.3 is 24.4 Å². The molecule has 0 radical (unpaired) electrons. The van der Waals surface area contributed by atoms with E-state index >= 15 is 0 Å². The summed E-state index contributed by atoms with van der Waals surface area (Å²) >= 11 is 0. The van der Waals surface area contributed by atoms with Gasteiger partial charge in [-0.25, -0.2) is 18.1 Å². The number of imide groups is 1. The number of amides is 3. The van der Waals surface area contributed by atoms with E-state index in [4.69, 9.17) is 14.2 Å². The summed E-state index contributed by atoms with van der Waals surface area (Å²) in [5.41, 5.74) is -2.05. The molecule has 256 valence electrons. The first-order chi connectivity index (χ1) is 22.1. The van der Waals surface area contributed by atoms with Crippen LogP contribution in [0.4, 0.5) is 23.7 Å². The lowest BCUT2D eigenvalue weighted by atomic mass is 9.87. The topological polar surface area (TPSA) is 161 Å². The highest BCUT2D eigenvalue weighted by Crippen LogP contribution is 2.36. The second-order valence-corrected chi connectivity index (χ2v) is 12.8. The molecule has 1 spiro atoms. The third kappa shape index (κ3) is 8.13. The zero-order valence-corrected chi connectivity index (χ0v) is 26.8. The maximum Gasteiger partial charge on any atom is 0.416 e. The van der Waals surface area contributed by atoms with E-state index in [1.807, 2.05) is 0 Å². The van der Waals surface area contributed by atoms with E-state index in [-0.39, 0.29) is 35.0 Å². The zero-order chi connectivity index (χ0) is 34.6. The van der Waals surface area contributed by atoms with Gasteiger partial charge in [0.05, 0.1) is 35.9 Å². The van der Waals surface area contributed by atoms with Crippen molar-refractivity contribution in [2.75, 3.05) is 45.3 Å². The predicted octanol–water partition coefficient (Wildman–Crippen LogP) is 3.78. The van der Waals surface area contributed by atoms with E-state index in [0.29, 0.717) is 57.5 Å². The minimum absolute atomic E-state index is 0.0307. The van der Waals surface area contributed by atoms with Crippen LogP contribution in [0.5, 0.6) is 11.5 Å². The van der Waals surface area contributed by atoms with E-state index in [1.54, 1.807) is 0 Å². The number of nitrogens with zero attached hydrogens (tertiary/aromatic N) is 2.